The van der Waals surface area contributed by atoms with Gasteiger partial charge in [-0.2, -0.15) is 10.5 Å². The fraction of sp³-hybridized carbons (Fsp3) is 0.353. The fourth-order valence-electron chi connectivity index (χ4n) is 5.86. The smallest absolute Gasteiger partial charge is 0.262 e. The molecule has 4 N–H and O–H groups in total. The molecule has 12 heteroatoms. The molecule has 2 aromatic heterocycles. The molecule has 0 bridgehead atoms. The van der Waals surface area contributed by atoms with E-state index in [9.17, 15) is 19.3 Å². The first-order valence-electron chi connectivity index (χ1n) is 15.1. The van der Waals surface area contributed by atoms with Gasteiger partial charge in [-0.1, -0.05) is 39.0 Å². The lowest BCUT2D eigenvalue weighted by Crippen LogP contribution is -2.48. The van der Waals surface area contributed by atoms with Gasteiger partial charge in [-0.25, -0.2) is 13.8 Å². The van der Waals surface area contributed by atoms with E-state index in [4.69, 9.17) is 0 Å². The molecule has 0 unspecified atom stereocenters. The van der Waals surface area contributed by atoms with Crippen LogP contribution in [0.4, 0.5) is 20.2 Å². The molecule has 1 atom stereocenters. The molecule has 0 radical (unpaired) electrons. The number of hydrogen-bond donors (Lipinski definition) is 4. The largest absolute Gasteiger partial charge is 0.383 e. The molecule has 3 heterocycles. The van der Waals surface area contributed by atoms with Crippen LogP contribution in [-0.4, -0.2) is 38.1 Å². The van der Waals surface area contributed by atoms with Gasteiger partial charge in [-0.15, -0.1) is 5.53 Å². The molecule has 4 aromatic rings. The van der Waals surface area contributed by atoms with Crippen molar-refractivity contribution >= 4 is 22.3 Å². The first kappa shape index (κ1) is 30.8. The number of benzene rings is 2. The predicted molar refractivity (Wildman–Crippen MR) is 173 cm³/mol. The molecular formula is C34H36F2N10. The van der Waals surface area contributed by atoms with Crippen LogP contribution in [0.15, 0.2) is 60.9 Å². The molecular weight excluding hydrogens is 586 g/mol. The second kappa shape index (κ2) is 11.6. The van der Waals surface area contributed by atoms with Crippen LogP contribution in [0.5, 0.6) is 0 Å². The normalized spacial score (nSPS) is 16.0. The lowest BCUT2D eigenvalue weighted by atomic mass is 9.93. The Morgan fingerprint density at radius 2 is 1.87 bits per heavy atom. The molecule has 236 valence electrons. The van der Waals surface area contributed by atoms with Gasteiger partial charge in [0.1, 0.15) is 17.7 Å². The van der Waals surface area contributed by atoms with Crippen LogP contribution < -0.4 is 21.6 Å². The zero-order valence-corrected chi connectivity index (χ0v) is 26.4. The second-order valence-corrected chi connectivity index (χ2v) is 13.2. The topological polar surface area (TPSA) is 130 Å². The molecule has 1 aliphatic heterocycles. The van der Waals surface area contributed by atoms with Gasteiger partial charge in [0, 0.05) is 42.6 Å². The summed E-state index contributed by atoms with van der Waals surface area (Å²) in [5.41, 5.74) is 11.6. The Bertz CT molecular complexity index is 1920. The van der Waals surface area contributed by atoms with E-state index < -0.39 is 18.0 Å². The van der Waals surface area contributed by atoms with Crippen LogP contribution in [0.2, 0.25) is 0 Å². The summed E-state index contributed by atoms with van der Waals surface area (Å²) >= 11 is 0. The molecule has 0 amide bonds. The molecule has 1 fully saturated rings. The molecule has 46 heavy (non-hydrogen) atoms. The predicted octanol–water partition coefficient (Wildman–Crippen LogP) is 6.26. The van der Waals surface area contributed by atoms with Crippen molar-refractivity contribution in [2.45, 2.75) is 58.5 Å². The Labute approximate surface area is 266 Å². The quantitative estimate of drug-likeness (QED) is 0.171. The van der Waals surface area contributed by atoms with Gasteiger partial charge in [0.05, 0.1) is 52.3 Å². The zero-order chi connectivity index (χ0) is 32.8. The van der Waals surface area contributed by atoms with E-state index in [1.807, 2.05) is 42.8 Å². The molecule has 1 aliphatic carbocycles. The Morgan fingerprint density at radius 3 is 2.50 bits per heavy atom. The third-order valence-electron chi connectivity index (χ3n) is 8.65. The summed E-state index contributed by atoms with van der Waals surface area (Å²) in [6.07, 6.45) is 4.98. The molecule has 6 rings (SSSR count). The number of hydrogen-bond acceptors (Lipinski definition) is 9. The van der Waals surface area contributed by atoms with E-state index >= 15 is 0 Å². The Morgan fingerprint density at radius 1 is 1.11 bits per heavy atom. The number of nitrogens with one attached hydrogen (secondary N) is 4. The third kappa shape index (κ3) is 5.57. The van der Waals surface area contributed by atoms with Gasteiger partial charge >= 0.3 is 0 Å². The summed E-state index contributed by atoms with van der Waals surface area (Å²) in [5, 5.41) is 29.2. The maximum atomic E-state index is 14.1. The van der Waals surface area contributed by atoms with Crippen molar-refractivity contribution in [2.75, 3.05) is 17.2 Å². The Hall–Kier alpha value is -5.20. The van der Waals surface area contributed by atoms with Crippen molar-refractivity contribution in [3.05, 3.63) is 83.2 Å². The summed E-state index contributed by atoms with van der Waals surface area (Å²) in [6, 6.07) is 13.5. The average Bonchev–Trinajstić information content (AvgIpc) is 3.50. The number of rotatable bonds is 9. The number of hydrazine groups is 2. The highest BCUT2D eigenvalue weighted by molar-refractivity contribution is 5.99. The van der Waals surface area contributed by atoms with Crippen LogP contribution in [0.3, 0.4) is 0 Å². The van der Waals surface area contributed by atoms with Crippen molar-refractivity contribution in [3.8, 4) is 23.4 Å². The van der Waals surface area contributed by atoms with E-state index in [2.05, 4.69) is 64.5 Å². The molecule has 2 aromatic carbocycles. The molecule has 1 saturated carbocycles. The number of nitriles is 2. The number of fused-ring (bicyclic) bond motifs is 1. The maximum Gasteiger partial charge on any atom is 0.262 e. The van der Waals surface area contributed by atoms with E-state index in [0.717, 1.165) is 22.4 Å². The van der Waals surface area contributed by atoms with Crippen molar-refractivity contribution < 1.29 is 8.78 Å². The highest BCUT2D eigenvalue weighted by atomic mass is 19.3. The van der Waals surface area contributed by atoms with Gasteiger partial charge in [0.15, 0.2) is 0 Å². The maximum absolute atomic E-state index is 14.1. The van der Waals surface area contributed by atoms with Crippen molar-refractivity contribution in [1.82, 2.24) is 30.5 Å². The van der Waals surface area contributed by atoms with Crippen LogP contribution in [0, 0.1) is 35.0 Å². The second-order valence-electron chi connectivity index (χ2n) is 13.2. The van der Waals surface area contributed by atoms with Crippen LogP contribution in [-0.2, 0) is 7.05 Å². The minimum absolute atomic E-state index is 0.0750. The lowest BCUT2D eigenvalue weighted by molar-refractivity contribution is 0.00911. The minimum Gasteiger partial charge on any atom is -0.383 e. The van der Waals surface area contributed by atoms with Crippen LogP contribution >= 0.6 is 0 Å². The minimum atomic E-state index is -2.52. The SMILES string of the molecule is Cc1c(-c2cncn2C)cccc1[C@H](Nc1cc(C#N)c2ncc(C#N)c(NCC(C)(C)C)c2c1)C1=CN(C2(C(F)F)CC2)NN1. The van der Waals surface area contributed by atoms with Gasteiger partial charge in [-0.05, 0) is 48.4 Å². The third-order valence-corrected chi connectivity index (χ3v) is 8.65. The summed E-state index contributed by atoms with van der Waals surface area (Å²) < 4.78 is 30.1. The number of anilines is 2. The van der Waals surface area contributed by atoms with Gasteiger partial charge < -0.3 is 20.6 Å². The summed E-state index contributed by atoms with van der Waals surface area (Å²) in [7, 11) is 1.93. The highest BCUT2D eigenvalue weighted by Crippen LogP contribution is 2.47. The number of alkyl halides is 2. The van der Waals surface area contributed by atoms with E-state index in [-0.39, 0.29) is 5.41 Å². The molecule has 10 nitrogen and oxygen atoms in total. The number of aryl methyl sites for hydroxylation is 1. The van der Waals surface area contributed by atoms with Crippen molar-refractivity contribution in [1.29, 1.82) is 10.5 Å². The number of halogens is 2. The summed E-state index contributed by atoms with van der Waals surface area (Å²) in [4.78, 5) is 8.76. The number of aromatic nitrogens is 3. The highest BCUT2D eigenvalue weighted by Gasteiger charge is 2.56. The molecule has 2 aliphatic rings. The Balaban J connectivity index is 1.49. The van der Waals surface area contributed by atoms with Crippen LogP contribution in [0.25, 0.3) is 22.2 Å². The first-order valence-corrected chi connectivity index (χ1v) is 15.1. The molecule has 0 saturated heterocycles. The van der Waals surface area contributed by atoms with Crippen LogP contribution in [0.1, 0.15) is 61.9 Å². The number of nitrogens with zero attached hydrogens (tertiary/aromatic N) is 6. The first-order chi connectivity index (χ1) is 22.0. The Kier molecular flexibility index (Phi) is 7.78. The number of imidazole rings is 1. The van der Waals surface area contributed by atoms with E-state index in [0.29, 0.717) is 58.5 Å². The standard InChI is InChI=1S/C34H36F2N10/c1-20-24(28-16-39-19-45(28)5)7-6-8-25(20)31(27-17-46(44-43-27)34(9-10-34)32(35)36)42-23-11-21(13-37)29-26(12-23)30(22(14-38)15-40-29)41-18-33(2,3)4/h6-8,11-12,15-17,19,31-32,42-44H,9-10,18H2,1-5H3,(H,40,41)/t31-/m0/s1. The van der Waals surface area contributed by atoms with Crippen molar-refractivity contribution in [3.63, 3.8) is 0 Å². The lowest BCUT2D eigenvalue weighted by Gasteiger charge is -2.25. The fourth-order valence-corrected chi connectivity index (χ4v) is 5.86. The summed E-state index contributed by atoms with van der Waals surface area (Å²) in [6.45, 7) is 8.89. The van der Waals surface area contributed by atoms with Gasteiger partial charge in [-0.3, -0.25) is 9.99 Å². The van der Waals surface area contributed by atoms with E-state index in [1.165, 1.54) is 11.2 Å². The average molecular weight is 623 g/mol. The molecule has 0 spiro atoms. The van der Waals surface area contributed by atoms with Gasteiger partial charge in [0.25, 0.3) is 6.43 Å². The summed E-state index contributed by atoms with van der Waals surface area (Å²) in [5.74, 6) is 0. The van der Waals surface area contributed by atoms with E-state index in [1.54, 1.807) is 24.8 Å². The monoisotopic (exact) mass is 622 g/mol. The van der Waals surface area contributed by atoms with Crippen molar-refractivity contribution in [2.24, 2.45) is 12.5 Å². The van der Waals surface area contributed by atoms with Gasteiger partial charge in [0.2, 0.25) is 0 Å². The number of pyridine rings is 1. The zero-order valence-electron chi connectivity index (χ0n) is 26.4.